The highest BCUT2D eigenvalue weighted by Crippen LogP contribution is 2.45. The Morgan fingerprint density at radius 2 is 1.93 bits per heavy atom. The summed E-state index contributed by atoms with van der Waals surface area (Å²) in [7, 11) is 0. The number of hydrogen-bond acceptors (Lipinski definition) is 5. The van der Waals surface area contributed by atoms with Crippen LogP contribution in [-0.2, 0) is 16.1 Å². The van der Waals surface area contributed by atoms with Crippen LogP contribution in [0.2, 0.25) is 0 Å². The molecule has 6 N–H and O–H groups in total. The van der Waals surface area contributed by atoms with Crippen molar-refractivity contribution in [1.29, 1.82) is 0 Å². The molecule has 28 heavy (non-hydrogen) atoms. The van der Waals surface area contributed by atoms with E-state index in [-0.39, 0.29) is 18.4 Å². The molecule has 0 spiro atoms. The molecule has 7 heteroatoms. The van der Waals surface area contributed by atoms with Crippen LogP contribution in [0, 0.1) is 17.8 Å². The minimum Gasteiger partial charge on any atom is -0.384 e. The van der Waals surface area contributed by atoms with Crippen LogP contribution in [0.15, 0.2) is 18.3 Å². The first-order chi connectivity index (χ1) is 13.6. The topological polar surface area (TPSA) is 123 Å². The molecule has 4 atom stereocenters. The molecule has 2 aliphatic carbocycles. The van der Waals surface area contributed by atoms with Gasteiger partial charge in [0.05, 0.1) is 6.54 Å². The quantitative estimate of drug-likeness (QED) is 0.567. The standard InChI is InChI=1S/C21H33N5O2/c22-11-20(27)26-18(21(28)25-13-14-8-9-19(23)24-12-14)10-16-6-3-5-15-4-1-2-7-17(15)16/h8-9,12,15-18H,1-7,10-11,13,22H2,(H2,23,24)(H,25,28)(H,26,27)/t15?,16?,17?,18-/m0/s1. The highest BCUT2D eigenvalue weighted by molar-refractivity contribution is 5.88. The number of carbonyl (C=O) groups excluding carboxylic acids is 2. The summed E-state index contributed by atoms with van der Waals surface area (Å²) >= 11 is 0. The van der Waals surface area contributed by atoms with Crippen molar-refractivity contribution < 1.29 is 9.59 Å². The van der Waals surface area contributed by atoms with Crippen molar-refractivity contribution >= 4 is 17.6 Å². The van der Waals surface area contributed by atoms with Gasteiger partial charge in [0, 0.05) is 12.7 Å². The molecular formula is C21H33N5O2. The Bertz CT molecular complexity index is 661. The van der Waals surface area contributed by atoms with Gasteiger partial charge in [-0.25, -0.2) is 4.98 Å². The normalized spacial score (nSPS) is 25.4. The van der Waals surface area contributed by atoms with Gasteiger partial charge in [0.15, 0.2) is 0 Å². The summed E-state index contributed by atoms with van der Waals surface area (Å²) in [6, 6.07) is 3.01. The van der Waals surface area contributed by atoms with E-state index < -0.39 is 6.04 Å². The summed E-state index contributed by atoms with van der Waals surface area (Å²) in [5, 5.41) is 5.78. The first-order valence-corrected chi connectivity index (χ1v) is 10.5. The fourth-order valence-electron chi connectivity index (χ4n) is 5.00. The summed E-state index contributed by atoms with van der Waals surface area (Å²) in [4.78, 5) is 28.8. The molecule has 1 aromatic heterocycles. The zero-order valence-electron chi connectivity index (χ0n) is 16.5. The van der Waals surface area contributed by atoms with Crippen molar-refractivity contribution in [2.75, 3.05) is 12.3 Å². The second-order valence-electron chi connectivity index (χ2n) is 8.27. The van der Waals surface area contributed by atoms with Gasteiger partial charge >= 0.3 is 0 Å². The Balaban J connectivity index is 1.62. The summed E-state index contributed by atoms with van der Waals surface area (Å²) in [6.45, 7) is 0.250. The third kappa shape index (κ3) is 5.44. The lowest BCUT2D eigenvalue weighted by Gasteiger charge is -2.42. The Morgan fingerprint density at radius 3 is 2.68 bits per heavy atom. The Hall–Kier alpha value is -2.15. The molecule has 2 aliphatic rings. The minimum atomic E-state index is -0.538. The van der Waals surface area contributed by atoms with Crippen LogP contribution in [0.4, 0.5) is 5.82 Å². The number of aromatic nitrogens is 1. The van der Waals surface area contributed by atoms with Crippen molar-refractivity contribution in [3.63, 3.8) is 0 Å². The number of fused-ring (bicyclic) bond motifs is 1. The largest absolute Gasteiger partial charge is 0.384 e. The average Bonchev–Trinajstić information content (AvgIpc) is 2.72. The molecule has 0 aromatic carbocycles. The van der Waals surface area contributed by atoms with Gasteiger partial charge in [-0.3, -0.25) is 9.59 Å². The van der Waals surface area contributed by atoms with Crippen LogP contribution < -0.4 is 22.1 Å². The molecule has 2 fully saturated rings. The number of rotatable bonds is 7. The molecule has 2 amide bonds. The number of carbonyl (C=O) groups is 2. The minimum absolute atomic E-state index is 0.109. The number of hydrogen-bond donors (Lipinski definition) is 4. The number of amides is 2. The summed E-state index contributed by atoms with van der Waals surface area (Å²) in [5.74, 6) is 1.98. The molecule has 0 radical (unpaired) electrons. The second kappa shape index (κ2) is 9.87. The zero-order valence-corrected chi connectivity index (χ0v) is 16.5. The van der Waals surface area contributed by atoms with Crippen molar-refractivity contribution in [1.82, 2.24) is 15.6 Å². The van der Waals surface area contributed by atoms with Crippen molar-refractivity contribution in [2.45, 2.75) is 64.0 Å². The van der Waals surface area contributed by atoms with Crippen LogP contribution in [0.25, 0.3) is 0 Å². The van der Waals surface area contributed by atoms with E-state index in [0.29, 0.717) is 30.6 Å². The molecule has 0 bridgehead atoms. The van der Waals surface area contributed by atoms with Crippen LogP contribution in [0.1, 0.15) is 56.9 Å². The Labute approximate surface area is 167 Å². The molecule has 2 saturated carbocycles. The Morgan fingerprint density at radius 1 is 1.14 bits per heavy atom. The molecule has 1 heterocycles. The van der Waals surface area contributed by atoms with Gasteiger partial charge in [0.25, 0.3) is 0 Å². The summed E-state index contributed by atoms with van der Waals surface area (Å²) in [5.41, 5.74) is 11.9. The highest BCUT2D eigenvalue weighted by Gasteiger charge is 2.37. The molecule has 0 saturated heterocycles. The molecule has 3 unspecified atom stereocenters. The number of nitrogens with one attached hydrogen (secondary N) is 2. The predicted octanol–water partition coefficient (Wildman–Crippen LogP) is 1.72. The molecule has 154 valence electrons. The van der Waals surface area contributed by atoms with Gasteiger partial charge in [-0.05, 0) is 42.2 Å². The van der Waals surface area contributed by atoms with Crippen LogP contribution >= 0.6 is 0 Å². The maximum absolute atomic E-state index is 12.9. The van der Waals surface area contributed by atoms with E-state index in [1.165, 1.54) is 38.5 Å². The third-order valence-corrected chi connectivity index (χ3v) is 6.41. The van der Waals surface area contributed by atoms with E-state index in [0.717, 1.165) is 17.9 Å². The van der Waals surface area contributed by atoms with Gasteiger partial charge in [0.2, 0.25) is 11.8 Å². The number of pyridine rings is 1. The van der Waals surface area contributed by atoms with Crippen LogP contribution in [0.5, 0.6) is 0 Å². The van der Waals surface area contributed by atoms with Crippen molar-refractivity contribution in [2.24, 2.45) is 23.5 Å². The monoisotopic (exact) mass is 387 g/mol. The van der Waals surface area contributed by atoms with Crippen molar-refractivity contribution in [3.8, 4) is 0 Å². The third-order valence-electron chi connectivity index (χ3n) is 6.41. The second-order valence-corrected chi connectivity index (χ2v) is 8.27. The van der Waals surface area contributed by atoms with Gasteiger partial charge in [-0.15, -0.1) is 0 Å². The lowest BCUT2D eigenvalue weighted by molar-refractivity contribution is -0.129. The molecular weight excluding hydrogens is 354 g/mol. The van der Waals surface area contributed by atoms with Gasteiger partial charge < -0.3 is 22.1 Å². The lowest BCUT2D eigenvalue weighted by atomic mass is 9.64. The summed E-state index contributed by atoms with van der Waals surface area (Å²) in [6.07, 6.45) is 11.2. The molecule has 3 rings (SSSR count). The van der Waals surface area contributed by atoms with Gasteiger partial charge in [-0.2, -0.15) is 0 Å². The lowest BCUT2D eigenvalue weighted by Crippen LogP contribution is -2.50. The van der Waals surface area contributed by atoms with E-state index in [1.807, 2.05) is 6.07 Å². The molecule has 0 aliphatic heterocycles. The maximum atomic E-state index is 12.9. The maximum Gasteiger partial charge on any atom is 0.242 e. The average molecular weight is 388 g/mol. The van der Waals surface area contributed by atoms with E-state index in [4.69, 9.17) is 11.5 Å². The van der Waals surface area contributed by atoms with E-state index in [9.17, 15) is 9.59 Å². The smallest absolute Gasteiger partial charge is 0.242 e. The van der Waals surface area contributed by atoms with E-state index in [2.05, 4.69) is 15.6 Å². The molecule has 1 aromatic rings. The van der Waals surface area contributed by atoms with Gasteiger partial charge in [0.1, 0.15) is 11.9 Å². The zero-order chi connectivity index (χ0) is 19.9. The number of nitrogens with two attached hydrogens (primary N) is 2. The Kier molecular flexibility index (Phi) is 7.25. The number of anilines is 1. The van der Waals surface area contributed by atoms with Crippen LogP contribution in [-0.4, -0.2) is 29.4 Å². The SMILES string of the molecule is NCC(=O)N[C@@H](CC1CCCC2CCCCC21)C(=O)NCc1ccc(N)nc1. The van der Waals surface area contributed by atoms with E-state index >= 15 is 0 Å². The fraction of sp³-hybridized carbons (Fsp3) is 0.667. The molecule has 7 nitrogen and oxygen atoms in total. The first kappa shape index (κ1) is 20.6. The summed E-state index contributed by atoms with van der Waals surface area (Å²) < 4.78 is 0. The van der Waals surface area contributed by atoms with E-state index in [1.54, 1.807) is 12.3 Å². The number of nitrogens with zero attached hydrogens (tertiary/aromatic N) is 1. The van der Waals surface area contributed by atoms with Gasteiger partial charge in [-0.1, -0.05) is 44.6 Å². The van der Waals surface area contributed by atoms with Crippen LogP contribution in [0.3, 0.4) is 0 Å². The van der Waals surface area contributed by atoms with Crippen molar-refractivity contribution in [3.05, 3.63) is 23.9 Å². The fourth-order valence-corrected chi connectivity index (χ4v) is 5.00. The predicted molar refractivity (Wildman–Crippen MR) is 109 cm³/mol. The first-order valence-electron chi connectivity index (χ1n) is 10.5. The highest BCUT2D eigenvalue weighted by atomic mass is 16.2. The number of nitrogen functional groups attached to an aromatic ring is 1.